The summed E-state index contributed by atoms with van der Waals surface area (Å²) in [5, 5.41) is 2.29. The Morgan fingerprint density at radius 3 is 2.73 bits per heavy atom. The van der Waals surface area contributed by atoms with Crippen molar-refractivity contribution >= 4 is 80.4 Å². The molecule has 2 aromatic rings. The molecule has 0 bridgehead atoms. The Hall–Kier alpha value is 0.900. The minimum absolute atomic E-state index is 0.570. The summed E-state index contributed by atoms with van der Waals surface area (Å²) in [7, 11) is 1.57. The van der Waals surface area contributed by atoms with Crippen LogP contribution in [0.15, 0.2) is 16.7 Å². The first kappa shape index (κ1) is 12.4. The van der Waals surface area contributed by atoms with Crippen LogP contribution in [-0.4, -0.2) is 3.97 Å². The van der Waals surface area contributed by atoms with Crippen LogP contribution in [0, 0.1) is 6.92 Å². The zero-order chi connectivity index (χ0) is 11.2. The van der Waals surface area contributed by atoms with Crippen molar-refractivity contribution in [3.8, 4) is 0 Å². The predicted octanol–water partition coefficient (Wildman–Crippen LogP) is 5.87. The second-order valence-electron chi connectivity index (χ2n) is 3.08. The standard InChI is InChI=1S/C9H5BrCl2INS/c1-4-3-14(15-13)9-7(4)5(10)2-6(11)8(9)12/h2-3H,1H3. The molecule has 1 heterocycles. The molecule has 0 saturated carbocycles. The molecule has 0 amide bonds. The highest BCUT2D eigenvalue weighted by Gasteiger charge is 2.15. The topological polar surface area (TPSA) is 4.93 Å². The van der Waals surface area contributed by atoms with Crippen molar-refractivity contribution in [3.63, 3.8) is 0 Å². The van der Waals surface area contributed by atoms with E-state index in [0.29, 0.717) is 10.0 Å². The maximum atomic E-state index is 6.20. The van der Waals surface area contributed by atoms with E-state index < -0.39 is 0 Å². The summed E-state index contributed by atoms with van der Waals surface area (Å²) in [4.78, 5) is 0. The molecule has 0 aliphatic rings. The smallest absolute Gasteiger partial charge is 0.0845 e. The van der Waals surface area contributed by atoms with Gasteiger partial charge in [-0.05, 0) is 18.6 Å². The summed E-state index contributed by atoms with van der Waals surface area (Å²) in [6.45, 7) is 2.06. The molecular weight excluding hydrogens is 432 g/mol. The summed E-state index contributed by atoms with van der Waals surface area (Å²) in [5.74, 6) is 0. The molecule has 6 heteroatoms. The maximum Gasteiger partial charge on any atom is 0.0845 e. The molecule has 0 N–H and O–H groups in total. The van der Waals surface area contributed by atoms with E-state index in [9.17, 15) is 0 Å². The van der Waals surface area contributed by atoms with Crippen molar-refractivity contribution in [1.82, 2.24) is 3.97 Å². The van der Waals surface area contributed by atoms with Gasteiger partial charge in [-0.25, -0.2) is 0 Å². The minimum atomic E-state index is 0.570. The van der Waals surface area contributed by atoms with Gasteiger partial charge in [-0.3, -0.25) is 3.97 Å². The lowest BCUT2D eigenvalue weighted by Crippen LogP contribution is -1.82. The third-order valence-electron chi connectivity index (χ3n) is 2.15. The van der Waals surface area contributed by atoms with E-state index in [0.717, 1.165) is 15.4 Å². The van der Waals surface area contributed by atoms with Gasteiger partial charge < -0.3 is 0 Å². The quantitative estimate of drug-likeness (QED) is 0.400. The Morgan fingerprint density at radius 1 is 1.47 bits per heavy atom. The molecular formula is C9H5BrCl2INS. The van der Waals surface area contributed by atoms with Gasteiger partial charge in [0.25, 0.3) is 0 Å². The van der Waals surface area contributed by atoms with Crippen LogP contribution in [0.25, 0.3) is 10.9 Å². The van der Waals surface area contributed by atoms with Gasteiger partial charge in [0.05, 0.1) is 15.6 Å². The molecule has 0 spiro atoms. The van der Waals surface area contributed by atoms with Crippen LogP contribution in [0.1, 0.15) is 5.56 Å². The zero-order valence-electron chi connectivity index (χ0n) is 7.52. The van der Waals surface area contributed by atoms with Crippen LogP contribution in [0.3, 0.4) is 0 Å². The van der Waals surface area contributed by atoms with Gasteiger partial charge in [-0.15, -0.1) is 0 Å². The number of rotatable bonds is 1. The van der Waals surface area contributed by atoms with Gasteiger partial charge in [0, 0.05) is 46.4 Å². The van der Waals surface area contributed by atoms with Crippen LogP contribution in [-0.2, 0) is 0 Å². The third kappa shape index (κ3) is 2.04. The number of hydrogen-bond acceptors (Lipinski definition) is 1. The van der Waals surface area contributed by atoms with Gasteiger partial charge in [0.2, 0.25) is 0 Å². The van der Waals surface area contributed by atoms with E-state index in [1.165, 1.54) is 5.56 Å². The third-order valence-corrected chi connectivity index (χ3v) is 5.26. The molecule has 0 radical (unpaired) electrons. The summed E-state index contributed by atoms with van der Waals surface area (Å²) in [6.07, 6.45) is 2.05. The van der Waals surface area contributed by atoms with Crippen molar-refractivity contribution in [2.24, 2.45) is 0 Å². The van der Waals surface area contributed by atoms with E-state index in [4.69, 9.17) is 23.2 Å². The molecule has 1 nitrogen and oxygen atoms in total. The number of aryl methyl sites for hydroxylation is 1. The summed E-state index contributed by atoms with van der Waals surface area (Å²) in [6, 6.07) is 1.83. The van der Waals surface area contributed by atoms with Crippen LogP contribution in [0.4, 0.5) is 0 Å². The lowest BCUT2D eigenvalue weighted by Gasteiger charge is -2.04. The molecule has 1 aromatic heterocycles. The number of nitrogens with zero attached hydrogens (tertiary/aromatic N) is 1. The highest BCUT2D eigenvalue weighted by atomic mass is 127. The van der Waals surface area contributed by atoms with E-state index in [2.05, 4.69) is 50.3 Å². The van der Waals surface area contributed by atoms with Gasteiger partial charge in [0.15, 0.2) is 0 Å². The number of benzene rings is 1. The highest BCUT2D eigenvalue weighted by Crippen LogP contribution is 2.40. The first-order valence-corrected chi connectivity index (χ1v) is 8.87. The number of aromatic nitrogens is 1. The fraction of sp³-hybridized carbons (Fsp3) is 0.111. The minimum Gasteiger partial charge on any atom is -0.281 e. The van der Waals surface area contributed by atoms with Crippen molar-refractivity contribution in [3.05, 3.63) is 32.3 Å². The van der Waals surface area contributed by atoms with E-state index >= 15 is 0 Å². The Labute approximate surface area is 122 Å². The molecule has 2 rings (SSSR count). The summed E-state index contributed by atoms with van der Waals surface area (Å²) >= 11 is 18.0. The normalized spacial score (nSPS) is 11.3. The lowest BCUT2D eigenvalue weighted by atomic mass is 10.2. The fourth-order valence-electron chi connectivity index (χ4n) is 1.52. The Balaban J connectivity index is 2.98. The van der Waals surface area contributed by atoms with Crippen LogP contribution in [0.2, 0.25) is 10.0 Å². The van der Waals surface area contributed by atoms with E-state index in [-0.39, 0.29) is 0 Å². The fourth-order valence-corrected chi connectivity index (χ4v) is 4.26. The Kier molecular flexibility index (Phi) is 3.83. The average Bonchev–Trinajstić information content (AvgIpc) is 2.52. The number of fused-ring (bicyclic) bond motifs is 1. The van der Waals surface area contributed by atoms with Crippen molar-refractivity contribution in [1.29, 1.82) is 0 Å². The second-order valence-corrected chi connectivity index (χ2v) is 6.44. The Bertz CT molecular complexity index is 541. The van der Waals surface area contributed by atoms with E-state index in [1.807, 2.05) is 10.0 Å². The van der Waals surface area contributed by atoms with Gasteiger partial charge in [0.1, 0.15) is 0 Å². The molecule has 0 aliphatic heterocycles. The van der Waals surface area contributed by atoms with Gasteiger partial charge in [-0.2, -0.15) is 0 Å². The predicted molar refractivity (Wildman–Crippen MR) is 81.4 cm³/mol. The molecule has 1 aromatic carbocycles. The number of halogens is 4. The van der Waals surface area contributed by atoms with Crippen molar-refractivity contribution in [2.75, 3.05) is 0 Å². The maximum absolute atomic E-state index is 6.20. The summed E-state index contributed by atoms with van der Waals surface area (Å²) in [5.41, 5.74) is 2.15. The van der Waals surface area contributed by atoms with Crippen molar-refractivity contribution < 1.29 is 0 Å². The van der Waals surface area contributed by atoms with Crippen LogP contribution in [0.5, 0.6) is 0 Å². The molecule has 0 aliphatic carbocycles. The summed E-state index contributed by atoms with van der Waals surface area (Å²) < 4.78 is 3.00. The lowest BCUT2D eigenvalue weighted by molar-refractivity contribution is 1.34. The molecule has 80 valence electrons. The second kappa shape index (κ2) is 4.64. The molecule has 0 saturated heterocycles. The molecule has 0 atom stereocenters. The first-order chi connectivity index (χ1) is 7.06. The highest BCUT2D eigenvalue weighted by molar-refractivity contribution is 14.2. The van der Waals surface area contributed by atoms with Gasteiger partial charge in [-0.1, -0.05) is 39.1 Å². The van der Waals surface area contributed by atoms with Gasteiger partial charge >= 0.3 is 0 Å². The first-order valence-electron chi connectivity index (χ1n) is 4.00. The Morgan fingerprint density at radius 2 is 2.13 bits per heavy atom. The van der Waals surface area contributed by atoms with E-state index in [1.54, 1.807) is 9.12 Å². The largest absolute Gasteiger partial charge is 0.281 e. The monoisotopic (exact) mass is 435 g/mol. The zero-order valence-corrected chi connectivity index (χ0v) is 13.6. The number of hydrogen-bond donors (Lipinski definition) is 0. The van der Waals surface area contributed by atoms with Crippen LogP contribution >= 0.6 is 69.5 Å². The van der Waals surface area contributed by atoms with Crippen LogP contribution < -0.4 is 0 Å². The average molecular weight is 437 g/mol. The van der Waals surface area contributed by atoms with Crippen molar-refractivity contribution in [2.45, 2.75) is 6.92 Å². The SMILES string of the molecule is Cc1cn(SI)c2c(Cl)c(Cl)cc(Br)c12. The molecule has 15 heavy (non-hydrogen) atoms. The molecule has 0 unspecified atom stereocenters. The molecule has 0 fully saturated rings.